The van der Waals surface area contributed by atoms with Gasteiger partial charge in [0.05, 0.1) is 0 Å². The quantitative estimate of drug-likeness (QED) is 0.838. The minimum atomic E-state index is 0.564. The van der Waals surface area contributed by atoms with E-state index in [-0.39, 0.29) is 0 Å². The lowest BCUT2D eigenvalue weighted by molar-refractivity contribution is 1.02. The van der Waals surface area contributed by atoms with Gasteiger partial charge in [-0.05, 0) is 23.6 Å². The summed E-state index contributed by atoms with van der Waals surface area (Å²) in [6, 6.07) is 8.17. The van der Waals surface area contributed by atoms with Crippen molar-refractivity contribution in [3.8, 4) is 0 Å². The molecule has 3 N–H and O–H groups in total. The topological polar surface area (TPSA) is 63.8 Å². The number of hydrogen-bond acceptors (Lipinski definition) is 4. The highest BCUT2D eigenvalue weighted by molar-refractivity contribution is 5.29. The van der Waals surface area contributed by atoms with Crippen LogP contribution in [-0.2, 0) is 13.1 Å². The van der Waals surface area contributed by atoms with Gasteiger partial charge in [0.15, 0.2) is 0 Å². The minimum absolute atomic E-state index is 0.564. The van der Waals surface area contributed by atoms with E-state index >= 15 is 0 Å². The van der Waals surface area contributed by atoms with Crippen molar-refractivity contribution in [3.63, 3.8) is 0 Å². The van der Waals surface area contributed by atoms with E-state index in [1.54, 1.807) is 12.4 Å². The van der Waals surface area contributed by atoms with Gasteiger partial charge in [-0.1, -0.05) is 24.3 Å². The molecule has 0 unspecified atom stereocenters. The van der Waals surface area contributed by atoms with E-state index < -0.39 is 0 Å². The van der Waals surface area contributed by atoms with Crippen LogP contribution in [0.4, 0.5) is 5.95 Å². The Balaban J connectivity index is 1.99. The normalized spacial score (nSPS) is 10.2. The molecule has 1 aromatic carbocycles. The van der Waals surface area contributed by atoms with E-state index in [0.717, 1.165) is 11.1 Å². The maximum atomic E-state index is 5.60. The Kier molecular flexibility index (Phi) is 3.67. The molecule has 0 fully saturated rings. The molecule has 17 heavy (non-hydrogen) atoms. The van der Waals surface area contributed by atoms with Gasteiger partial charge in [-0.25, -0.2) is 9.97 Å². The number of nitrogens with zero attached hydrogens (tertiary/aromatic N) is 2. The summed E-state index contributed by atoms with van der Waals surface area (Å²) in [6.07, 6.45) is 3.59. The zero-order valence-electron chi connectivity index (χ0n) is 9.85. The van der Waals surface area contributed by atoms with Gasteiger partial charge >= 0.3 is 0 Å². The third-order valence-electron chi connectivity index (χ3n) is 2.46. The van der Waals surface area contributed by atoms with Crippen LogP contribution in [0, 0.1) is 6.92 Å². The summed E-state index contributed by atoms with van der Waals surface area (Å²) in [7, 11) is 0. The number of aryl methyl sites for hydroxylation is 1. The molecule has 4 nitrogen and oxygen atoms in total. The average Bonchev–Trinajstić information content (AvgIpc) is 2.38. The van der Waals surface area contributed by atoms with Gasteiger partial charge in [-0.3, -0.25) is 0 Å². The van der Waals surface area contributed by atoms with Crippen molar-refractivity contribution in [1.82, 2.24) is 9.97 Å². The second kappa shape index (κ2) is 5.41. The predicted octanol–water partition coefficient (Wildman–Crippen LogP) is 1.86. The van der Waals surface area contributed by atoms with E-state index in [1.807, 2.05) is 19.1 Å². The molecule has 1 aromatic heterocycles. The van der Waals surface area contributed by atoms with Crippen molar-refractivity contribution in [1.29, 1.82) is 0 Å². The Labute approximate surface area is 101 Å². The standard InChI is InChI=1S/C13H16N4/c1-10-7-15-13(16-8-10)17-9-12-4-2-3-11(5-12)6-14/h2-5,7-8H,6,9,14H2,1H3,(H,15,16,17). The Bertz CT molecular complexity index is 479. The highest BCUT2D eigenvalue weighted by atomic mass is 15.1. The summed E-state index contributed by atoms with van der Waals surface area (Å²) < 4.78 is 0. The average molecular weight is 228 g/mol. The molecular weight excluding hydrogens is 212 g/mol. The Morgan fingerprint density at radius 2 is 1.88 bits per heavy atom. The van der Waals surface area contributed by atoms with E-state index in [1.165, 1.54) is 5.56 Å². The van der Waals surface area contributed by atoms with Crippen LogP contribution >= 0.6 is 0 Å². The second-order valence-electron chi connectivity index (χ2n) is 3.96. The van der Waals surface area contributed by atoms with Gasteiger partial charge in [0.25, 0.3) is 0 Å². The Morgan fingerprint density at radius 3 is 2.59 bits per heavy atom. The van der Waals surface area contributed by atoms with Crippen LogP contribution in [0.3, 0.4) is 0 Å². The molecule has 0 saturated heterocycles. The maximum Gasteiger partial charge on any atom is 0.222 e. The SMILES string of the molecule is Cc1cnc(NCc2cccc(CN)c2)nc1. The first-order valence-corrected chi connectivity index (χ1v) is 5.58. The summed E-state index contributed by atoms with van der Waals surface area (Å²) >= 11 is 0. The summed E-state index contributed by atoms with van der Waals surface area (Å²) in [5, 5.41) is 3.18. The fourth-order valence-corrected chi connectivity index (χ4v) is 1.53. The third kappa shape index (κ3) is 3.26. The van der Waals surface area contributed by atoms with Crippen LogP contribution in [0.25, 0.3) is 0 Å². The molecule has 0 bridgehead atoms. The number of nitrogens with two attached hydrogens (primary N) is 1. The highest BCUT2D eigenvalue weighted by Gasteiger charge is 1.97. The molecule has 0 saturated carbocycles. The fourth-order valence-electron chi connectivity index (χ4n) is 1.53. The summed E-state index contributed by atoms with van der Waals surface area (Å²) in [4.78, 5) is 8.38. The molecule has 0 atom stereocenters. The van der Waals surface area contributed by atoms with Crippen molar-refractivity contribution in [2.45, 2.75) is 20.0 Å². The van der Waals surface area contributed by atoms with Crippen molar-refractivity contribution in [2.24, 2.45) is 5.73 Å². The number of anilines is 1. The molecule has 88 valence electrons. The summed E-state index contributed by atoms with van der Waals surface area (Å²) in [5.41, 5.74) is 8.97. The zero-order chi connectivity index (χ0) is 12.1. The van der Waals surface area contributed by atoms with E-state index in [9.17, 15) is 0 Å². The first-order chi connectivity index (χ1) is 8.28. The van der Waals surface area contributed by atoms with E-state index in [2.05, 4.69) is 27.4 Å². The largest absolute Gasteiger partial charge is 0.350 e. The molecule has 0 aliphatic rings. The van der Waals surface area contributed by atoms with Crippen molar-refractivity contribution in [2.75, 3.05) is 5.32 Å². The lowest BCUT2D eigenvalue weighted by atomic mass is 10.1. The molecule has 1 heterocycles. The first-order valence-electron chi connectivity index (χ1n) is 5.58. The van der Waals surface area contributed by atoms with Crippen LogP contribution in [-0.4, -0.2) is 9.97 Å². The fraction of sp³-hybridized carbons (Fsp3) is 0.231. The first kappa shape index (κ1) is 11.5. The molecular formula is C13H16N4. The minimum Gasteiger partial charge on any atom is -0.350 e. The Hall–Kier alpha value is -1.94. The lowest BCUT2D eigenvalue weighted by Crippen LogP contribution is -2.04. The van der Waals surface area contributed by atoms with Gasteiger partial charge in [-0.15, -0.1) is 0 Å². The molecule has 2 aromatic rings. The third-order valence-corrected chi connectivity index (χ3v) is 2.46. The van der Waals surface area contributed by atoms with Gasteiger partial charge in [0.1, 0.15) is 0 Å². The monoisotopic (exact) mass is 228 g/mol. The highest BCUT2D eigenvalue weighted by Crippen LogP contribution is 2.07. The molecule has 2 rings (SSSR count). The van der Waals surface area contributed by atoms with Gasteiger partial charge in [0, 0.05) is 25.5 Å². The molecule has 0 spiro atoms. The molecule has 4 heteroatoms. The van der Waals surface area contributed by atoms with Crippen molar-refractivity contribution in [3.05, 3.63) is 53.3 Å². The molecule has 0 radical (unpaired) electrons. The van der Waals surface area contributed by atoms with Gasteiger partial charge < -0.3 is 11.1 Å². The number of nitrogens with one attached hydrogen (secondary N) is 1. The lowest BCUT2D eigenvalue weighted by Gasteiger charge is -2.06. The van der Waals surface area contributed by atoms with Crippen molar-refractivity contribution >= 4 is 5.95 Å². The predicted molar refractivity (Wildman–Crippen MR) is 68.4 cm³/mol. The van der Waals surface area contributed by atoms with Crippen molar-refractivity contribution < 1.29 is 0 Å². The molecule has 0 amide bonds. The van der Waals surface area contributed by atoms with Gasteiger partial charge in [0.2, 0.25) is 5.95 Å². The number of rotatable bonds is 4. The smallest absolute Gasteiger partial charge is 0.222 e. The van der Waals surface area contributed by atoms with E-state index in [4.69, 9.17) is 5.73 Å². The zero-order valence-corrected chi connectivity index (χ0v) is 9.85. The number of aromatic nitrogens is 2. The molecule has 0 aliphatic heterocycles. The van der Waals surface area contributed by atoms with Gasteiger partial charge in [-0.2, -0.15) is 0 Å². The van der Waals surface area contributed by atoms with Crippen LogP contribution < -0.4 is 11.1 Å². The summed E-state index contributed by atoms with van der Waals surface area (Å²) in [6.45, 7) is 3.24. The number of hydrogen-bond donors (Lipinski definition) is 2. The van der Waals surface area contributed by atoms with Crippen LogP contribution in [0.1, 0.15) is 16.7 Å². The van der Waals surface area contributed by atoms with Crippen LogP contribution in [0.5, 0.6) is 0 Å². The van der Waals surface area contributed by atoms with Crippen LogP contribution in [0.15, 0.2) is 36.7 Å². The molecule has 0 aliphatic carbocycles. The van der Waals surface area contributed by atoms with Crippen LogP contribution in [0.2, 0.25) is 0 Å². The second-order valence-corrected chi connectivity index (χ2v) is 3.96. The summed E-state index contributed by atoms with van der Waals surface area (Å²) in [5.74, 6) is 0.647. The van der Waals surface area contributed by atoms with E-state index in [0.29, 0.717) is 19.0 Å². The number of benzene rings is 1. The maximum absolute atomic E-state index is 5.60. The Morgan fingerprint density at radius 1 is 1.18 bits per heavy atom.